The van der Waals surface area contributed by atoms with Crippen molar-refractivity contribution in [3.05, 3.63) is 40.9 Å². The van der Waals surface area contributed by atoms with E-state index in [0.29, 0.717) is 0 Å². The van der Waals surface area contributed by atoms with Crippen LogP contribution in [0.1, 0.15) is 18.4 Å². The Balaban J connectivity index is 0.000000688. The number of unbranched alkanes of at least 4 members (excludes halogenated alkanes) is 1. The lowest BCUT2D eigenvalue weighted by Crippen LogP contribution is -2.15. The van der Waals surface area contributed by atoms with E-state index in [2.05, 4.69) is 40.8 Å². The lowest BCUT2D eigenvalue weighted by molar-refractivity contribution is -0.159. The highest BCUT2D eigenvalue weighted by molar-refractivity contribution is 9.10. The third-order valence-corrected chi connectivity index (χ3v) is 3.11. The molecule has 128 valence electrons. The molecule has 0 unspecified atom stereocenters. The topological polar surface area (TPSA) is 95.9 Å². The van der Waals surface area contributed by atoms with E-state index in [1.54, 1.807) is 0 Å². The number of halogens is 1. The summed E-state index contributed by atoms with van der Waals surface area (Å²) < 4.78 is 6.82. The first-order valence-corrected chi connectivity index (χ1v) is 7.84. The number of hydrogen-bond donors (Lipinski definition) is 3. The SMILES string of the molecule is C=CCNCCCCOc1ccc(Br)cc1C.O=C(O)C(=O)O. The van der Waals surface area contributed by atoms with Crippen molar-refractivity contribution in [1.29, 1.82) is 0 Å². The number of carboxylic acid groups (broad SMARTS) is 2. The van der Waals surface area contributed by atoms with E-state index in [1.165, 1.54) is 5.56 Å². The summed E-state index contributed by atoms with van der Waals surface area (Å²) in [7, 11) is 0. The normalized spacial score (nSPS) is 9.48. The third kappa shape index (κ3) is 11.4. The van der Waals surface area contributed by atoms with Crippen LogP contribution in [0.15, 0.2) is 35.3 Å². The van der Waals surface area contributed by atoms with Crippen molar-refractivity contribution < 1.29 is 24.5 Å². The lowest BCUT2D eigenvalue weighted by atomic mass is 10.2. The van der Waals surface area contributed by atoms with Gasteiger partial charge in [0.15, 0.2) is 0 Å². The molecule has 0 aliphatic carbocycles. The molecule has 0 amide bonds. The Morgan fingerprint density at radius 2 is 1.96 bits per heavy atom. The molecule has 0 atom stereocenters. The zero-order chi connectivity index (χ0) is 17.7. The average Bonchev–Trinajstić information content (AvgIpc) is 2.48. The van der Waals surface area contributed by atoms with Gasteiger partial charge in [0, 0.05) is 11.0 Å². The van der Waals surface area contributed by atoms with E-state index in [9.17, 15) is 0 Å². The van der Waals surface area contributed by atoms with Gasteiger partial charge in [-0.1, -0.05) is 22.0 Å². The number of rotatable bonds is 8. The van der Waals surface area contributed by atoms with Crippen molar-refractivity contribution in [2.75, 3.05) is 19.7 Å². The summed E-state index contributed by atoms with van der Waals surface area (Å²) in [6.07, 6.45) is 4.07. The van der Waals surface area contributed by atoms with Gasteiger partial charge in [-0.25, -0.2) is 9.59 Å². The number of nitrogens with one attached hydrogen (secondary N) is 1. The van der Waals surface area contributed by atoms with Gasteiger partial charge in [0.05, 0.1) is 6.61 Å². The van der Waals surface area contributed by atoms with E-state index in [0.717, 1.165) is 42.8 Å². The van der Waals surface area contributed by atoms with E-state index in [4.69, 9.17) is 24.5 Å². The zero-order valence-electron chi connectivity index (χ0n) is 13.0. The molecule has 0 aromatic heterocycles. The first kappa shape index (κ1) is 21.1. The second-order valence-electron chi connectivity index (χ2n) is 4.57. The Morgan fingerprint density at radius 1 is 1.30 bits per heavy atom. The lowest BCUT2D eigenvalue weighted by Gasteiger charge is -2.09. The molecule has 0 heterocycles. The number of hydrogen-bond acceptors (Lipinski definition) is 4. The molecule has 0 radical (unpaired) electrons. The molecule has 0 bridgehead atoms. The predicted octanol–water partition coefficient (Wildman–Crippen LogP) is 2.85. The van der Waals surface area contributed by atoms with Gasteiger partial charge in [0.25, 0.3) is 0 Å². The van der Waals surface area contributed by atoms with Crippen LogP contribution in [0.3, 0.4) is 0 Å². The minimum absolute atomic E-state index is 0.776. The van der Waals surface area contributed by atoms with Crippen LogP contribution in [0.25, 0.3) is 0 Å². The molecule has 23 heavy (non-hydrogen) atoms. The van der Waals surface area contributed by atoms with Crippen LogP contribution in [-0.2, 0) is 9.59 Å². The second kappa shape index (κ2) is 12.7. The molecule has 1 aromatic carbocycles. The highest BCUT2D eigenvalue weighted by atomic mass is 79.9. The largest absolute Gasteiger partial charge is 0.493 e. The molecule has 1 aromatic rings. The van der Waals surface area contributed by atoms with Gasteiger partial charge >= 0.3 is 11.9 Å². The van der Waals surface area contributed by atoms with Crippen molar-refractivity contribution in [3.8, 4) is 5.75 Å². The van der Waals surface area contributed by atoms with Gasteiger partial charge in [0.2, 0.25) is 0 Å². The molecule has 0 spiro atoms. The van der Waals surface area contributed by atoms with Crippen LogP contribution in [0.2, 0.25) is 0 Å². The smallest absolute Gasteiger partial charge is 0.414 e. The summed E-state index contributed by atoms with van der Waals surface area (Å²) >= 11 is 3.44. The summed E-state index contributed by atoms with van der Waals surface area (Å²) in [5.41, 5.74) is 1.17. The van der Waals surface area contributed by atoms with Gasteiger partial charge in [-0.3, -0.25) is 0 Å². The molecule has 0 aliphatic rings. The first-order chi connectivity index (χ1) is 10.9. The Morgan fingerprint density at radius 3 is 2.48 bits per heavy atom. The molecule has 0 saturated carbocycles. The fraction of sp³-hybridized carbons (Fsp3) is 0.375. The summed E-state index contributed by atoms with van der Waals surface area (Å²) in [5.74, 6) is -2.67. The maximum atomic E-state index is 9.10. The summed E-state index contributed by atoms with van der Waals surface area (Å²) in [4.78, 5) is 18.2. The van der Waals surface area contributed by atoms with E-state index in [-0.39, 0.29) is 0 Å². The Hall–Kier alpha value is -1.86. The molecule has 0 aliphatic heterocycles. The Labute approximate surface area is 144 Å². The summed E-state index contributed by atoms with van der Waals surface area (Å²) in [6, 6.07) is 6.09. The van der Waals surface area contributed by atoms with Crippen molar-refractivity contribution in [2.24, 2.45) is 0 Å². The first-order valence-electron chi connectivity index (χ1n) is 7.05. The number of aryl methyl sites for hydroxylation is 1. The van der Waals surface area contributed by atoms with Gasteiger partial charge < -0.3 is 20.3 Å². The van der Waals surface area contributed by atoms with Crippen LogP contribution in [-0.4, -0.2) is 41.8 Å². The van der Waals surface area contributed by atoms with Gasteiger partial charge in [-0.2, -0.15) is 0 Å². The molecular weight excluding hydrogens is 366 g/mol. The molecule has 1 rings (SSSR count). The van der Waals surface area contributed by atoms with E-state index < -0.39 is 11.9 Å². The Kier molecular flexibility index (Phi) is 11.6. The zero-order valence-corrected chi connectivity index (χ0v) is 14.6. The third-order valence-electron chi connectivity index (χ3n) is 2.61. The van der Waals surface area contributed by atoms with Crippen LogP contribution in [0.5, 0.6) is 5.75 Å². The van der Waals surface area contributed by atoms with Crippen molar-refractivity contribution >= 4 is 27.9 Å². The fourth-order valence-electron chi connectivity index (χ4n) is 1.51. The standard InChI is InChI=1S/C14H20BrNO.C2H2O4/c1-3-8-16-9-4-5-10-17-14-7-6-13(15)11-12(14)2;3-1(4)2(5)6/h3,6-7,11,16H,1,4-5,8-10H2,2H3;(H,3,4)(H,5,6). The molecule has 0 saturated heterocycles. The van der Waals surface area contributed by atoms with Crippen LogP contribution >= 0.6 is 15.9 Å². The Bertz CT molecular complexity index is 507. The molecule has 6 nitrogen and oxygen atoms in total. The van der Waals surface area contributed by atoms with Gasteiger partial charge in [-0.15, -0.1) is 6.58 Å². The molecule has 0 fully saturated rings. The highest BCUT2D eigenvalue weighted by Gasteiger charge is 2.04. The minimum atomic E-state index is -1.82. The van der Waals surface area contributed by atoms with Gasteiger partial charge in [-0.05, 0) is 50.1 Å². The maximum absolute atomic E-state index is 9.10. The van der Waals surface area contributed by atoms with Crippen molar-refractivity contribution in [1.82, 2.24) is 5.32 Å². The van der Waals surface area contributed by atoms with Crippen molar-refractivity contribution in [2.45, 2.75) is 19.8 Å². The van der Waals surface area contributed by atoms with Crippen LogP contribution in [0.4, 0.5) is 0 Å². The van der Waals surface area contributed by atoms with Gasteiger partial charge in [0.1, 0.15) is 5.75 Å². The van der Waals surface area contributed by atoms with Crippen molar-refractivity contribution in [3.63, 3.8) is 0 Å². The summed E-state index contributed by atoms with van der Waals surface area (Å²) in [6.45, 7) is 8.40. The van der Waals surface area contributed by atoms with Crippen LogP contribution in [0, 0.1) is 6.92 Å². The number of ether oxygens (including phenoxy) is 1. The number of carbonyl (C=O) groups is 2. The van der Waals surface area contributed by atoms with E-state index in [1.807, 2.05) is 18.2 Å². The number of carboxylic acids is 2. The van der Waals surface area contributed by atoms with E-state index >= 15 is 0 Å². The van der Waals surface area contributed by atoms with Crippen LogP contribution < -0.4 is 10.1 Å². The second-order valence-corrected chi connectivity index (χ2v) is 5.48. The fourth-order valence-corrected chi connectivity index (χ4v) is 1.99. The molecular formula is C16H22BrNO5. The summed E-state index contributed by atoms with van der Waals surface area (Å²) in [5, 5.41) is 18.1. The number of benzene rings is 1. The predicted molar refractivity (Wildman–Crippen MR) is 91.9 cm³/mol. The number of aliphatic carboxylic acids is 2. The highest BCUT2D eigenvalue weighted by Crippen LogP contribution is 2.22. The molecule has 7 heteroatoms. The quantitative estimate of drug-likeness (QED) is 0.360. The maximum Gasteiger partial charge on any atom is 0.414 e. The minimum Gasteiger partial charge on any atom is -0.493 e. The monoisotopic (exact) mass is 387 g/mol. The molecule has 3 N–H and O–H groups in total. The average molecular weight is 388 g/mol.